The fourth-order valence-corrected chi connectivity index (χ4v) is 5.65. The molecule has 2 rings (SSSR count). The number of ether oxygens (including phenoxy) is 1. The predicted molar refractivity (Wildman–Crippen MR) is 108 cm³/mol. The van der Waals surface area contributed by atoms with E-state index in [0.29, 0.717) is 17.9 Å². The highest BCUT2D eigenvalue weighted by Gasteiger charge is 2.36. The molecule has 1 aromatic rings. The molecule has 29 heavy (non-hydrogen) atoms. The van der Waals surface area contributed by atoms with Gasteiger partial charge in [-0.25, -0.2) is 8.42 Å². The van der Waals surface area contributed by atoms with Gasteiger partial charge in [0.1, 0.15) is 5.25 Å². The molecule has 1 saturated heterocycles. The van der Waals surface area contributed by atoms with Crippen molar-refractivity contribution in [1.29, 1.82) is 0 Å². The summed E-state index contributed by atoms with van der Waals surface area (Å²) in [5, 5.41) is 10.1. The molecule has 0 aliphatic carbocycles. The first-order chi connectivity index (χ1) is 13.5. The number of likely N-dealkylation sites (N-methyl/N-ethyl adjacent to an activating group) is 1. The Morgan fingerprint density at radius 2 is 1.93 bits per heavy atom. The van der Waals surface area contributed by atoms with Gasteiger partial charge in [-0.2, -0.15) is 0 Å². The Bertz CT molecular complexity index is 871. The molecule has 0 N–H and O–H groups in total. The maximum atomic E-state index is 12.7. The maximum absolute atomic E-state index is 12.7. The third kappa shape index (κ3) is 6.17. The predicted octanol–water partition coefficient (Wildman–Crippen LogP) is 2.04. The summed E-state index contributed by atoms with van der Waals surface area (Å²) in [5.74, 6) is -1.03. The number of carbonyl (C=O) groups excluding carboxylic acids is 2. The van der Waals surface area contributed by atoms with Gasteiger partial charge in [0.25, 0.3) is 11.6 Å². The molecule has 0 aromatic heterocycles. The minimum absolute atomic E-state index is 0.0441. The van der Waals surface area contributed by atoms with Gasteiger partial charge in [0.2, 0.25) is 0 Å². The summed E-state index contributed by atoms with van der Waals surface area (Å²) < 4.78 is 28.7. The Kier molecular flexibility index (Phi) is 7.64. The molecular weight excluding hydrogens is 420 g/mol. The number of non-ortho nitro benzene ring substituents is 1. The molecule has 9 nitrogen and oxygen atoms in total. The first kappa shape index (κ1) is 23.1. The van der Waals surface area contributed by atoms with Gasteiger partial charge in [-0.3, -0.25) is 19.7 Å². The number of hydrogen-bond acceptors (Lipinski definition) is 8. The number of carbonyl (C=O) groups is 2. The Morgan fingerprint density at radius 1 is 1.31 bits per heavy atom. The summed E-state index contributed by atoms with van der Waals surface area (Å²) in [4.78, 5) is 37.3. The topological polar surface area (TPSA) is 124 Å². The lowest BCUT2D eigenvalue weighted by atomic mass is 10.2. The normalized spacial score (nSPS) is 19.9. The molecule has 0 bridgehead atoms. The van der Waals surface area contributed by atoms with Gasteiger partial charge in [-0.05, 0) is 39.3 Å². The fourth-order valence-electron chi connectivity index (χ4n) is 3.07. The number of thioether (sulfide) groups is 1. The molecule has 1 aliphatic heterocycles. The number of hydrogen-bond donors (Lipinski definition) is 0. The van der Waals surface area contributed by atoms with Crippen LogP contribution < -0.4 is 0 Å². The molecule has 160 valence electrons. The van der Waals surface area contributed by atoms with E-state index in [2.05, 4.69) is 0 Å². The van der Waals surface area contributed by atoms with Crippen molar-refractivity contribution in [2.24, 2.45) is 0 Å². The van der Waals surface area contributed by atoms with Gasteiger partial charge in [-0.15, -0.1) is 11.8 Å². The summed E-state index contributed by atoms with van der Waals surface area (Å²) in [6, 6.07) is 5.38. The van der Waals surface area contributed by atoms with Gasteiger partial charge < -0.3 is 9.64 Å². The molecule has 0 radical (unpaired) electrons. The lowest BCUT2D eigenvalue weighted by Crippen LogP contribution is -2.46. The summed E-state index contributed by atoms with van der Waals surface area (Å²) in [7, 11) is -3.14. The van der Waals surface area contributed by atoms with Crippen LogP contribution in [0.1, 0.15) is 27.2 Å². The molecule has 3 atom stereocenters. The lowest BCUT2D eigenvalue weighted by Gasteiger charge is -2.29. The largest absolute Gasteiger partial charge is 0.452 e. The monoisotopic (exact) mass is 444 g/mol. The average molecular weight is 445 g/mol. The molecule has 3 unspecified atom stereocenters. The number of amides is 1. The smallest absolute Gasteiger partial charge is 0.319 e. The number of rotatable bonds is 8. The molecular formula is C18H24N2O7S2. The maximum Gasteiger partial charge on any atom is 0.319 e. The van der Waals surface area contributed by atoms with Crippen LogP contribution in [-0.2, 0) is 24.2 Å². The van der Waals surface area contributed by atoms with Crippen LogP contribution in [0, 0.1) is 10.1 Å². The van der Waals surface area contributed by atoms with E-state index in [9.17, 15) is 28.1 Å². The van der Waals surface area contributed by atoms with Gasteiger partial charge in [-0.1, -0.05) is 0 Å². The first-order valence-electron chi connectivity index (χ1n) is 9.16. The second-order valence-corrected chi connectivity index (χ2v) is 10.4. The summed E-state index contributed by atoms with van der Waals surface area (Å²) in [6.07, 6.45) is -0.653. The number of nitrogens with zero attached hydrogens (tertiary/aromatic N) is 2. The van der Waals surface area contributed by atoms with Crippen molar-refractivity contribution < 1.29 is 27.7 Å². The minimum atomic E-state index is -3.14. The number of benzene rings is 1. The molecule has 1 aliphatic rings. The molecule has 1 heterocycles. The average Bonchev–Trinajstić information content (AvgIpc) is 3.01. The first-order valence-corrected chi connectivity index (χ1v) is 11.9. The standard InChI is InChI=1S/C18H24N2O7S2/c1-4-19(15-9-10-29(25,26)11-15)17(21)12(2)27-18(22)13(3)28-16-7-5-14(6-8-16)20(23)24/h5-8,12-13,15H,4,9-11H2,1-3H3. The van der Waals surface area contributed by atoms with Gasteiger partial charge in [0, 0.05) is 29.6 Å². The minimum Gasteiger partial charge on any atom is -0.452 e. The van der Waals surface area contributed by atoms with E-state index in [4.69, 9.17) is 4.74 Å². The fraction of sp³-hybridized carbons (Fsp3) is 0.556. The van der Waals surface area contributed by atoms with Crippen LogP contribution in [0.15, 0.2) is 29.2 Å². The van der Waals surface area contributed by atoms with E-state index in [1.807, 2.05) is 0 Å². The summed E-state index contributed by atoms with van der Waals surface area (Å²) >= 11 is 1.16. The Morgan fingerprint density at radius 3 is 2.41 bits per heavy atom. The highest BCUT2D eigenvalue weighted by atomic mass is 32.2. The number of nitro benzene ring substituents is 1. The highest BCUT2D eigenvalue weighted by molar-refractivity contribution is 8.00. The zero-order chi connectivity index (χ0) is 21.8. The van der Waals surface area contributed by atoms with Crippen LogP contribution >= 0.6 is 11.8 Å². The Hall–Kier alpha value is -2.14. The molecule has 1 amide bonds. The van der Waals surface area contributed by atoms with E-state index in [-0.39, 0.29) is 17.2 Å². The third-order valence-corrected chi connectivity index (χ3v) is 7.45. The number of nitro groups is 1. The second-order valence-electron chi connectivity index (χ2n) is 6.77. The van der Waals surface area contributed by atoms with Crippen LogP contribution in [0.25, 0.3) is 0 Å². The molecule has 11 heteroatoms. The van der Waals surface area contributed by atoms with Crippen LogP contribution in [0.2, 0.25) is 0 Å². The van der Waals surface area contributed by atoms with E-state index in [0.717, 1.165) is 11.8 Å². The van der Waals surface area contributed by atoms with E-state index in [1.54, 1.807) is 26.0 Å². The van der Waals surface area contributed by atoms with Crippen molar-refractivity contribution in [2.45, 2.75) is 49.5 Å². The zero-order valence-electron chi connectivity index (χ0n) is 16.4. The second kappa shape index (κ2) is 9.57. The number of sulfone groups is 1. The third-order valence-electron chi connectivity index (χ3n) is 4.61. The van der Waals surface area contributed by atoms with Crippen molar-refractivity contribution in [3.05, 3.63) is 34.4 Å². The van der Waals surface area contributed by atoms with Gasteiger partial charge in [0.05, 0.1) is 16.4 Å². The van der Waals surface area contributed by atoms with Crippen LogP contribution in [0.3, 0.4) is 0 Å². The highest BCUT2D eigenvalue weighted by Crippen LogP contribution is 2.26. The summed E-state index contributed by atoms with van der Waals surface area (Å²) in [6.45, 7) is 5.17. The lowest BCUT2D eigenvalue weighted by molar-refractivity contribution is -0.384. The summed E-state index contributed by atoms with van der Waals surface area (Å²) in [5.41, 5.74) is -0.0441. The Balaban J connectivity index is 1.94. The van der Waals surface area contributed by atoms with Gasteiger partial charge >= 0.3 is 5.97 Å². The van der Waals surface area contributed by atoms with Crippen LogP contribution in [0.4, 0.5) is 5.69 Å². The zero-order valence-corrected chi connectivity index (χ0v) is 18.1. The SMILES string of the molecule is CCN(C(=O)C(C)OC(=O)C(C)Sc1ccc([N+](=O)[O-])cc1)C1CCS(=O)(=O)C1. The quantitative estimate of drug-likeness (QED) is 0.258. The van der Waals surface area contributed by atoms with Crippen molar-refractivity contribution >= 4 is 39.2 Å². The molecule has 1 aromatic carbocycles. The number of esters is 1. The Labute approximate surface area is 173 Å². The molecule has 0 saturated carbocycles. The van der Waals surface area contributed by atoms with Crippen molar-refractivity contribution in [3.8, 4) is 0 Å². The van der Waals surface area contributed by atoms with Crippen molar-refractivity contribution in [3.63, 3.8) is 0 Å². The van der Waals surface area contributed by atoms with Crippen molar-refractivity contribution in [2.75, 3.05) is 18.1 Å². The van der Waals surface area contributed by atoms with Crippen LogP contribution in [0.5, 0.6) is 0 Å². The van der Waals surface area contributed by atoms with Crippen molar-refractivity contribution in [1.82, 2.24) is 4.90 Å². The van der Waals surface area contributed by atoms with E-state index < -0.39 is 44.0 Å². The van der Waals surface area contributed by atoms with E-state index >= 15 is 0 Å². The molecule has 1 fully saturated rings. The van der Waals surface area contributed by atoms with Gasteiger partial charge in [0.15, 0.2) is 15.9 Å². The van der Waals surface area contributed by atoms with E-state index in [1.165, 1.54) is 24.0 Å². The molecule has 0 spiro atoms. The van der Waals surface area contributed by atoms with Crippen LogP contribution in [-0.4, -0.2) is 65.6 Å².